The molecule has 2 heterocycles. The average molecular weight is 570 g/mol. The average Bonchev–Trinajstić information content (AvgIpc) is 3.40. The fraction of sp³-hybridized carbons (Fsp3) is 0.208. The van der Waals surface area contributed by atoms with Gasteiger partial charge in [-0.3, -0.25) is 14.2 Å². The number of halogens is 5. The van der Waals surface area contributed by atoms with E-state index in [1.54, 1.807) is 24.3 Å². The van der Waals surface area contributed by atoms with Crippen molar-refractivity contribution in [3.05, 3.63) is 78.9 Å². The van der Waals surface area contributed by atoms with Crippen LogP contribution in [-0.2, 0) is 23.8 Å². The summed E-state index contributed by atoms with van der Waals surface area (Å²) < 4.78 is 40.6. The van der Waals surface area contributed by atoms with E-state index in [1.165, 1.54) is 15.9 Å². The first-order chi connectivity index (χ1) is 17.1. The van der Waals surface area contributed by atoms with Crippen LogP contribution in [0, 0.1) is 0 Å². The number of aromatic nitrogens is 2. The number of hydrogen-bond donors (Lipinski definition) is 1. The summed E-state index contributed by atoms with van der Waals surface area (Å²) in [5.41, 5.74) is 0.268. The van der Waals surface area contributed by atoms with E-state index in [0.29, 0.717) is 26.1 Å². The van der Waals surface area contributed by atoms with Gasteiger partial charge in [0.25, 0.3) is 5.56 Å². The lowest BCUT2D eigenvalue weighted by Gasteiger charge is -2.14. The molecule has 0 bridgehead atoms. The molecule has 0 spiro atoms. The molecule has 0 fully saturated rings. The largest absolute Gasteiger partial charge is 0.416 e. The minimum absolute atomic E-state index is 0.0212. The molecule has 0 saturated carbocycles. The van der Waals surface area contributed by atoms with Gasteiger partial charge in [-0.25, -0.2) is 4.98 Å². The predicted molar refractivity (Wildman–Crippen MR) is 138 cm³/mol. The second-order valence-electron chi connectivity index (χ2n) is 8.08. The Bertz CT molecular complexity index is 1550. The molecule has 0 atom stereocenters. The number of carbonyl (C=O) groups excluding carboxylic acids is 1. The van der Waals surface area contributed by atoms with E-state index in [1.807, 2.05) is 0 Å². The standard InChI is InChI=1S/C24H16Cl2F3N3O2S2/c25-13-5-7-14(8-6-13)32-22(34)20-15-2-1-3-18(15)36-21(20)31-23(32)35-11-19(33)30-17-10-12(24(27,28)29)4-9-16(17)26/h4-10H,1-3,11H2,(H,30,33). The second-order valence-corrected chi connectivity index (χ2v) is 10.9. The zero-order valence-electron chi connectivity index (χ0n) is 18.3. The maximum absolute atomic E-state index is 13.6. The Labute approximate surface area is 221 Å². The smallest absolute Gasteiger partial charge is 0.324 e. The van der Waals surface area contributed by atoms with Crippen LogP contribution in [0.25, 0.3) is 15.9 Å². The first-order valence-electron chi connectivity index (χ1n) is 10.7. The van der Waals surface area contributed by atoms with Gasteiger partial charge in [0.15, 0.2) is 5.16 Å². The number of carbonyl (C=O) groups is 1. The summed E-state index contributed by atoms with van der Waals surface area (Å²) in [6.45, 7) is 0. The Morgan fingerprint density at radius 3 is 2.61 bits per heavy atom. The summed E-state index contributed by atoms with van der Waals surface area (Å²) in [5.74, 6) is -0.796. The lowest BCUT2D eigenvalue weighted by molar-refractivity contribution is -0.137. The van der Waals surface area contributed by atoms with Crippen molar-refractivity contribution in [3.8, 4) is 5.69 Å². The van der Waals surface area contributed by atoms with Crippen LogP contribution in [0.5, 0.6) is 0 Å². The first kappa shape index (κ1) is 25.1. The molecule has 2 aromatic heterocycles. The minimum atomic E-state index is -4.58. The van der Waals surface area contributed by atoms with Gasteiger partial charge in [0, 0.05) is 9.90 Å². The molecule has 0 saturated heterocycles. The molecule has 36 heavy (non-hydrogen) atoms. The van der Waals surface area contributed by atoms with Crippen molar-refractivity contribution >= 4 is 68.1 Å². The Morgan fingerprint density at radius 1 is 1.14 bits per heavy atom. The third-order valence-corrected chi connectivity index (χ3v) is 8.40. The van der Waals surface area contributed by atoms with Crippen LogP contribution in [0.2, 0.25) is 10.0 Å². The summed E-state index contributed by atoms with van der Waals surface area (Å²) in [6, 6.07) is 9.40. The van der Waals surface area contributed by atoms with Crippen LogP contribution >= 0.6 is 46.3 Å². The molecule has 1 aliphatic carbocycles. The molecule has 1 amide bonds. The Kier molecular flexibility index (Phi) is 6.80. The number of hydrogen-bond acceptors (Lipinski definition) is 5. The number of amides is 1. The Balaban J connectivity index is 1.47. The van der Waals surface area contributed by atoms with E-state index in [-0.39, 0.29) is 22.0 Å². The molecule has 0 radical (unpaired) electrons. The predicted octanol–water partition coefficient (Wildman–Crippen LogP) is 6.99. The molecule has 186 valence electrons. The number of benzene rings is 2. The normalized spacial score (nSPS) is 13.2. The zero-order valence-corrected chi connectivity index (χ0v) is 21.4. The summed E-state index contributed by atoms with van der Waals surface area (Å²) in [6.07, 6.45) is -1.86. The highest BCUT2D eigenvalue weighted by Crippen LogP contribution is 2.37. The van der Waals surface area contributed by atoms with Gasteiger partial charge >= 0.3 is 6.18 Å². The first-order valence-corrected chi connectivity index (χ1v) is 13.3. The molecule has 2 aromatic carbocycles. The molecule has 1 aliphatic rings. The summed E-state index contributed by atoms with van der Waals surface area (Å²) in [4.78, 5) is 32.7. The summed E-state index contributed by atoms with van der Waals surface area (Å²) in [7, 11) is 0. The number of alkyl halides is 3. The number of nitrogens with one attached hydrogen (secondary N) is 1. The molecule has 4 aromatic rings. The molecular weight excluding hydrogens is 554 g/mol. The second kappa shape index (κ2) is 9.74. The zero-order chi connectivity index (χ0) is 25.6. The van der Waals surface area contributed by atoms with Gasteiger partial charge in [-0.1, -0.05) is 35.0 Å². The van der Waals surface area contributed by atoms with Gasteiger partial charge in [-0.15, -0.1) is 11.3 Å². The van der Waals surface area contributed by atoms with Crippen LogP contribution in [0.3, 0.4) is 0 Å². The maximum atomic E-state index is 13.6. The number of thioether (sulfide) groups is 1. The fourth-order valence-corrected chi connectivity index (χ4v) is 6.46. The highest BCUT2D eigenvalue weighted by molar-refractivity contribution is 7.99. The molecule has 12 heteroatoms. The maximum Gasteiger partial charge on any atom is 0.416 e. The van der Waals surface area contributed by atoms with Gasteiger partial charge < -0.3 is 5.32 Å². The van der Waals surface area contributed by atoms with Crippen molar-refractivity contribution in [2.75, 3.05) is 11.1 Å². The number of aryl methyl sites for hydroxylation is 2. The van der Waals surface area contributed by atoms with E-state index < -0.39 is 17.6 Å². The van der Waals surface area contributed by atoms with E-state index in [4.69, 9.17) is 28.2 Å². The van der Waals surface area contributed by atoms with Gasteiger partial charge in [-0.05, 0) is 67.3 Å². The molecule has 0 unspecified atom stereocenters. The highest BCUT2D eigenvalue weighted by atomic mass is 35.5. The van der Waals surface area contributed by atoms with Gasteiger partial charge in [0.1, 0.15) is 4.83 Å². The monoisotopic (exact) mass is 569 g/mol. The fourth-order valence-electron chi connectivity index (χ4n) is 4.05. The lowest BCUT2D eigenvalue weighted by atomic mass is 10.2. The number of rotatable bonds is 5. The Hall–Kier alpha value is -2.53. The van der Waals surface area contributed by atoms with Crippen LogP contribution in [0.15, 0.2) is 52.4 Å². The van der Waals surface area contributed by atoms with Crippen molar-refractivity contribution < 1.29 is 18.0 Å². The third kappa shape index (κ3) is 4.87. The number of fused-ring (bicyclic) bond motifs is 3. The van der Waals surface area contributed by atoms with Crippen LogP contribution in [-0.4, -0.2) is 21.2 Å². The van der Waals surface area contributed by atoms with Crippen molar-refractivity contribution in [3.63, 3.8) is 0 Å². The quantitative estimate of drug-likeness (QED) is 0.208. The SMILES string of the molecule is O=C(CSc1nc2sc3c(c2c(=O)n1-c1ccc(Cl)cc1)CCC3)Nc1cc(C(F)(F)F)ccc1Cl. The third-order valence-electron chi connectivity index (χ3n) is 5.69. The molecule has 1 N–H and O–H groups in total. The molecular formula is C24H16Cl2F3N3O2S2. The van der Waals surface area contributed by atoms with Crippen molar-refractivity contribution in [1.82, 2.24) is 9.55 Å². The van der Waals surface area contributed by atoms with Crippen molar-refractivity contribution in [1.29, 1.82) is 0 Å². The number of anilines is 1. The Morgan fingerprint density at radius 2 is 1.89 bits per heavy atom. The van der Waals surface area contributed by atoms with Crippen LogP contribution in [0.4, 0.5) is 18.9 Å². The number of thiophene rings is 1. The van der Waals surface area contributed by atoms with E-state index in [9.17, 15) is 22.8 Å². The van der Waals surface area contributed by atoms with Gasteiger partial charge in [0.2, 0.25) is 5.91 Å². The van der Waals surface area contributed by atoms with E-state index in [2.05, 4.69) is 5.32 Å². The molecule has 5 nitrogen and oxygen atoms in total. The van der Waals surface area contributed by atoms with Crippen molar-refractivity contribution in [2.24, 2.45) is 0 Å². The molecule has 0 aliphatic heterocycles. The van der Waals surface area contributed by atoms with Crippen LogP contribution < -0.4 is 10.9 Å². The van der Waals surface area contributed by atoms with Crippen molar-refractivity contribution in [2.45, 2.75) is 30.6 Å². The number of nitrogens with zero attached hydrogens (tertiary/aromatic N) is 2. The van der Waals surface area contributed by atoms with E-state index in [0.717, 1.165) is 59.7 Å². The lowest BCUT2D eigenvalue weighted by Crippen LogP contribution is -2.23. The van der Waals surface area contributed by atoms with Gasteiger partial charge in [-0.2, -0.15) is 13.2 Å². The summed E-state index contributed by atoms with van der Waals surface area (Å²) >= 11 is 14.5. The van der Waals surface area contributed by atoms with Gasteiger partial charge in [0.05, 0.1) is 33.1 Å². The topological polar surface area (TPSA) is 64.0 Å². The summed E-state index contributed by atoms with van der Waals surface area (Å²) in [5, 5.41) is 3.79. The molecule has 5 rings (SSSR count). The highest BCUT2D eigenvalue weighted by Gasteiger charge is 2.31. The minimum Gasteiger partial charge on any atom is -0.324 e. The van der Waals surface area contributed by atoms with E-state index >= 15 is 0 Å². The van der Waals surface area contributed by atoms with Crippen LogP contribution in [0.1, 0.15) is 22.4 Å².